The molecule has 0 spiro atoms. The summed E-state index contributed by atoms with van der Waals surface area (Å²) in [5.41, 5.74) is 2.55. The maximum Gasteiger partial charge on any atom is 0.294 e. The van der Waals surface area contributed by atoms with Crippen molar-refractivity contribution in [1.29, 1.82) is 0 Å². The lowest BCUT2D eigenvalue weighted by Gasteiger charge is -2.15. The monoisotopic (exact) mass is 522 g/mol. The fourth-order valence-electron chi connectivity index (χ4n) is 3.28. The van der Waals surface area contributed by atoms with E-state index >= 15 is 0 Å². The molecular formula is C21H13BrClFN2O4S. The van der Waals surface area contributed by atoms with Gasteiger partial charge in [-0.2, -0.15) is 8.42 Å². The van der Waals surface area contributed by atoms with Crippen LogP contribution in [0.5, 0.6) is 5.75 Å². The van der Waals surface area contributed by atoms with Crippen LogP contribution in [-0.2, 0) is 10.1 Å². The molecule has 3 aromatic carbocycles. The number of hydrogen-bond acceptors (Lipinski definition) is 5. The minimum absolute atomic E-state index is 0.251. The van der Waals surface area contributed by atoms with Gasteiger partial charge in [-0.05, 0) is 57.9 Å². The topological polar surface area (TPSA) is 89.4 Å². The Morgan fingerprint density at radius 3 is 2.52 bits per heavy atom. The number of methoxy groups -OCH3 is 1. The molecule has 0 saturated carbocycles. The van der Waals surface area contributed by atoms with Gasteiger partial charge in [-0.25, -0.2) is 4.39 Å². The molecule has 4 rings (SSSR count). The summed E-state index contributed by atoms with van der Waals surface area (Å²) in [6.45, 7) is 0. The number of hydrogen-bond donors (Lipinski definition) is 1. The molecule has 1 aromatic heterocycles. The summed E-state index contributed by atoms with van der Waals surface area (Å²) in [6, 6.07) is 13.4. The first-order chi connectivity index (χ1) is 14.7. The van der Waals surface area contributed by atoms with Crippen LogP contribution < -0.4 is 4.74 Å². The van der Waals surface area contributed by atoms with Crippen LogP contribution in [0.1, 0.15) is 0 Å². The maximum atomic E-state index is 13.7. The summed E-state index contributed by atoms with van der Waals surface area (Å²) in [7, 11) is -2.91. The number of fused-ring (bicyclic) bond motifs is 1. The van der Waals surface area contributed by atoms with Crippen LogP contribution in [0, 0.1) is 5.82 Å². The largest absolute Gasteiger partial charge is 0.496 e. The molecule has 4 aromatic rings. The van der Waals surface area contributed by atoms with E-state index in [1.165, 1.54) is 37.4 Å². The van der Waals surface area contributed by atoms with E-state index in [1.807, 2.05) is 0 Å². The van der Waals surface area contributed by atoms with E-state index in [0.717, 1.165) is 0 Å². The second-order valence-corrected chi connectivity index (χ2v) is 9.14. The van der Waals surface area contributed by atoms with Crippen LogP contribution in [0.2, 0.25) is 5.02 Å². The quantitative estimate of drug-likeness (QED) is 0.341. The van der Waals surface area contributed by atoms with Gasteiger partial charge >= 0.3 is 0 Å². The van der Waals surface area contributed by atoms with Crippen molar-refractivity contribution in [3.8, 4) is 28.0 Å². The summed E-state index contributed by atoms with van der Waals surface area (Å²) in [6.07, 6.45) is 0. The zero-order valence-corrected chi connectivity index (χ0v) is 19.0. The third-order valence-electron chi connectivity index (χ3n) is 4.68. The Morgan fingerprint density at radius 1 is 1.06 bits per heavy atom. The molecule has 0 saturated heterocycles. The summed E-state index contributed by atoms with van der Waals surface area (Å²) in [4.78, 5) is -0.297. The molecule has 10 heteroatoms. The van der Waals surface area contributed by atoms with Crippen molar-refractivity contribution in [2.24, 2.45) is 0 Å². The van der Waals surface area contributed by atoms with Crippen LogP contribution in [0.4, 0.5) is 4.39 Å². The van der Waals surface area contributed by atoms with Gasteiger partial charge in [0.1, 0.15) is 16.2 Å². The van der Waals surface area contributed by atoms with Crippen LogP contribution in [0.3, 0.4) is 0 Å². The molecule has 0 aliphatic heterocycles. The summed E-state index contributed by atoms with van der Waals surface area (Å²) in [5.74, 6) is 0.0517. The van der Waals surface area contributed by atoms with Gasteiger partial charge in [0.2, 0.25) is 0 Å². The lowest BCUT2D eigenvalue weighted by Crippen LogP contribution is -2.00. The lowest BCUT2D eigenvalue weighted by atomic mass is 9.97. The fourth-order valence-corrected chi connectivity index (χ4v) is 4.56. The Bertz CT molecular complexity index is 1450. The van der Waals surface area contributed by atoms with Gasteiger partial charge in [0, 0.05) is 27.1 Å². The first kappa shape index (κ1) is 21.6. The van der Waals surface area contributed by atoms with Gasteiger partial charge in [-0.15, -0.1) is 10.2 Å². The first-order valence-corrected chi connectivity index (χ1v) is 11.4. The highest BCUT2D eigenvalue weighted by Crippen LogP contribution is 2.43. The molecule has 0 radical (unpaired) electrons. The number of nitrogens with zero attached hydrogens (tertiary/aromatic N) is 2. The van der Waals surface area contributed by atoms with E-state index in [1.54, 1.807) is 24.3 Å². The van der Waals surface area contributed by atoms with E-state index in [9.17, 15) is 17.4 Å². The lowest BCUT2D eigenvalue weighted by molar-refractivity contribution is 0.416. The first-order valence-electron chi connectivity index (χ1n) is 8.76. The molecule has 0 fully saturated rings. The minimum Gasteiger partial charge on any atom is -0.496 e. The number of rotatable bonds is 4. The van der Waals surface area contributed by atoms with Crippen molar-refractivity contribution in [3.05, 3.63) is 70.0 Å². The molecule has 31 heavy (non-hydrogen) atoms. The van der Waals surface area contributed by atoms with Gasteiger partial charge in [0.15, 0.2) is 0 Å². The highest BCUT2D eigenvalue weighted by atomic mass is 79.9. The maximum absolute atomic E-state index is 13.7. The van der Waals surface area contributed by atoms with E-state index in [-0.39, 0.29) is 10.4 Å². The third-order valence-corrected chi connectivity index (χ3v) is 6.40. The Balaban J connectivity index is 1.97. The Kier molecular flexibility index (Phi) is 5.69. The predicted molar refractivity (Wildman–Crippen MR) is 119 cm³/mol. The zero-order valence-electron chi connectivity index (χ0n) is 15.8. The molecular weight excluding hydrogens is 511 g/mol. The molecule has 1 N–H and O–H groups in total. The predicted octanol–water partition coefficient (Wildman–Crippen LogP) is 5.77. The molecule has 0 unspecified atom stereocenters. The number of benzene rings is 3. The fraction of sp³-hybridized carbons (Fsp3) is 0.0476. The minimum atomic E-state index is -4.40. The van der Waals surface area contributed by atoms with Crippen LogP contribution in [0.25, 0.3) is 33.2 Å². The van der Waals surface area contributed by atoms with Crippen LogP contribution in [0.15, 0.2) is 64.1 Å². The summed E-state index contributed by atoms with van der Waals surface area (Å²) < 4.78 is 51.9. The average Bonchev–Trinajstić information content (AvgIpc) is 2.72. The highest BCUT2D eigenvalue weighted by molar-refractivity contribution is 9.10. The van der Waals surface area contributed by atoms with Crippen molar-refractivity contribution in [3.63, 3.8) is 0 Å². The SMILES string of the molecule is COc1cc(-c2cccc(F)c2)c(Cl)cc1-c1c(Br)nnc2cc(S(=O)(=O)O)ccc12. The molecule has 158 valence electrons. The number of ether oxygens (including phenoxy) is 1. The smallest absolute Gasteiger partial charge is 0.294 e. The summed E-state index contributed by atoms with van der Waals surface area (Å²) >= 11 is 9.93. The molecule has 6 nitrogen and oxygen atoms in total. The average molecular weight is 524 g/mol. The molecule has 0 aliphatic rings. The van der Waals surface area contributed by atoms with Crippen molar-refractivity contribution in [2.75, 3.05) is 7.11 Å². The molecule has 0 aliphatic carbocycles. The molecule has 0 bridgehead atoms. The highest BCUT2D eigenvalue weighted by Gasteiger charge is 2.20. The number of aromatic nitrogens is 2. The van der Waals surface area contributed by atoms with Crippen molar-refractivity contribution in [1.82, 2.24) is 10.2 Å². The van der Waals surface area contributed by atoms with Gasteiger partial charge in [0.05, 0.1) is 17.5 Å². The second kappa shape index (κ2) is 8.16. The van der Waals surface area contributed by atoms with Crippen molar-refractivity contribution < 1.29 is 22.1 Å². The Labute approximate surface area is 190 Å². The second-order valence-electron chi connectivity index (χ2n) is 6.56. The Morgan fingerprint density at radius 2 is 1.84 bits per heavy atom. The molecule has 0 amide bonds. The van der Waals surface area contributed by atoms with E-state index in [4.69, 9.17) is 16.3 Å². The van der Waals surface area contributed by atoms with E-state index in [2.05, 4.69) is 26.1 Å². The van der Waals surface area contributed by atoms with Crippen molar-refractivity contribution in [2.45, 2.75) is 4.90 Å². The zero-order chi connectivity index (χ0) is 22.3. The van der Waals surface area contributed by atoms with Crippen molar-refractivity contribution >= 4 is 48.6 Å². The normalized spacial score (nSPS) is 11.6. The van der Waals surface area contributed by atoms with Gasteiger partial charge in [-0.3, -0.25) is 4.55 Å². The van der Waals surface area contributed by atoms with Crippen LogP contribution >= 0.6 is 27.5 Å². The van der Waals surface area contributed by atoms with Gasteiger partial charge in [0.25, 0.3) is 10.1 Å². The summed E-state index contributed by atoms with van der Waals surface area (Å²) in [5, 5.41) is 8.96. The molecule has 0 atom stereocenters. The van der Waals surface area contributed by atoms with Gasteiger partial charge in [-0.1, -0.05) is 29.8 Å². The number of halogens is 3. The third kappa shape index (κ3) is 4.14. The Hall–Kier alpha value is -2.59. The van der Waals surface area contributed by atoms with E-state index < -0.39 is 15.9 Å². The molecule has 1 heterocycles. The van der Waals surface area contributed by atoms with Gasteiger partial charge < -0.3 is 4.74 Å². The van der Waals surface area contributed by atoms with E-state index in [0.29, 0.717) is 43.0 Å². The van der Waals surface area contributed by atoms with Crippen LogP contribution in [-0.4, -0.2) is 30.3 Å². The standard InChI is InChI=1S/C21H13BrClFN2O4S/c1-30-19-10-15(11-3-2-4-12(24)7-11)17(23)9-16(19)20-14-6-5-13(31(27,28)29)8-18(14)25-26-21(20)22/h2-10H,1H3,(H,27,28,29).